The minimum Gasteiger partial charge on any atom is -0.361 e. The average molecular weight is 317 g/mol. The molecule has 0 spiro atoms. The van der Waals surface area contributed by atoms with Crippen LogP contribution in [0.4, 0.5) is 0 Å². The van der Waals surface area contributed by atoms with Crippen molar-refractivity contribution in [2.75, 3.05) is 24.6 Å². The zero-order chi connectivity index (χ0) is 15.5. The van der Waals surface area contributed by atoms with E-state index in [0.29, 0.717) is 5.56 Å². The van der Waals surface area contributed by atoms with Crippen molar-refractivity contribution in [2.24, 2.45) is 0 Å². The highest BCUT2D eigenvalue weighted by Gasteiger charge is 2.24. The summed E-state index contributed by atoms with van der Waals surface area (Å²) in [6.45, 7) is 3.27. The Bertz CT molecular complexity index is 692. The minimum absolute atomic E-state index is 0.00473. The molecule has 0 radical (unpaired) electrons. The lowest BCUT2D eigenvalue weighted by Gasteiger charge is -2.29. The Balaban J connectivity index is 1.70. The van der Waals surface area contributed by atoms with E-state index in [2.05, 4.69) is 10.3 Å². The van der Waals surface area contributed by atoms with E-state index in [0.717, 1.165) is 35.5 Å². The summed E-state index contributed by atoms with van der Waals surface area (Å²) in [6, 6.07) is 6.90. The van der Waals surface area contributed by atoms with Crippen LogP contribution in [0.15, 0.2) is 30.5 Å². The predicted molar refractivity (Wildman–Crippen MR) is 89.1 cm³/mol. The summed E-state index contributed by atoms with van der Waals surface area (Å²) in [6.07, 6.45) is 1.81. The van der Waals surface area contributed by atoms with Crippen molar-refractivity contribution < 1.29 is 9.59 Å². The molecule has 3 rings (SSSR count). The van der Waals surface area contributed by atoms with Gasteiger partial charge in [-0.2, -0.15) is 11.8 Å². The molecule has 1 aliphatic rings. The molecule has 1 aromatic carbocycles. The molecule has 6 heteroatoms. The van der Waals surface area contributed by atoms with Crippen LogP contribution in [0.2, 0.25) is 0 Å². The van der Waals surface area contributed by atoms with Crippen LogP contribution in [-0.4, -0.2) is 52.3 Å². The molecule has 0 unspecified atom stereocenters. The number of nitrogens with zero attached hydrogens (tertiary/aromatic N) is 1. The van der Waals surface area contributed by atoms with Crippen molar-refractivity contribution in [3.63, 3.8) is 0 Å². The largest absolute Gasteiger partial charge is 0.361 e. The number of hydrogen-bond acceptors (Lipinski definition) is 3. The molecule has 0 bridgehead atoms. The number of H-pyrrole nitrogens is 1. The highest BCUT2D eigenvalue weighted by molar-refractivity contribution is 7.99. The highest BCUT2D eigenvalue weighted by Crippen LogP contribution is 2.17. The number of benzene rings is 1. The van der Waals surface area contributed by atoms with E-state index in [4.69, 9.17) is 0 Å². The van der Waals surface area contributed by atoms with Crippen LogP contribution in [0.3, 0.4) is 0 Å². The fourth-order valence-electron chi connectivity index (χ4n) is 2.68. The molecule has 1 aromatic heterocycles. The van der Waals surface area contributed by atoms with E-state index < -0.39 is 6.04 Å². The molecule has 116 valence electrons. The Hall–Kier alpha value is -1.95. The molecular formula is C16H19N3O2S. The van der Waals surface area contributed by atoms with Gasteiger partial charge >= 0.3 is 0 Å². The van der Waals surface area contributed by atoms with Gasteiger partial charge in [0.15, 0.2) is 0 Å². The van der Waals surface area contributed by atoms with Crippen LogP contribution in [0.5, 0.6) is 0 Å². The second-order valence-electron chi connectivity index (χ2n) is 5.38. The molecular weight excluding hydrogens is 298 g/mol. The quantitative estimate of drug-likeness (QED) is 0.908. The third-order valence-corrected chi connectivity index (χ3v) is 4.82. The minimum atomic E-state index is -0.509. The summed E-state index contributed by atoms with van der Waals surface area (Å²) in [7, 11) is 0. The first kappa shape index (κ1) is 15.0. The van der Waals surface area contributed by atoms with E-state index in [1.807, 2.05) is 34.9 Å². The van der Waals surface area contributed by atoms with Crippen LogP contribution in [0.1, 0.15) is 17.3 Å². The smallest absolute Gasteiger partial charge is 0.252 e. The number of amides is 2. The van der Waals surface area contributed by atoms with Gasteiger partial charge in [0.2, 0.25) is 5.91 Å². The first-order valence-corrected chi connectivity index (χ1v) is 8.56. The number of rotatable bonds is 3. The molecule has 2 amide bonds. The monoisotopic (exact) mass is 317 g/mol. The topological polar surface area (TPSA) is 65.2 Å². The summed E-state index contributed by atoms with van der Waals surface area (Å²) >= 11 is 1.86. The zero-order valence-electron chi connectivity index (χ0n) is 12.5. The SMILES string of the molecule is C[C@@H](NC(=O)c1cccc2[nH]ccc12)C(=O)N1CCSCC1. The third kappa shape index (κ3) is 2.97. The Kier molecular flexibility index (Phi) is 4.38. The molecule has 5 nitrogen and oxygen atoms in total. The summed E-state index contributed by atoms with van der Waals surface area (Å²) in [5.74, 6) is 1.72. The fourth-order valence-corrected chi connectivity index (χ4v) is 3.58. The predicted octanol–water partition coefficient (Wildman–Crippen LogP) is 1.86. The van der Waals surface area contributed by atoms with Crippen LogP contribution < -0.4 is 5.32 Å². The first-order valence-electron chi connectivity index (χ1n) is 7.40. The van der Waals surface area contributed by atoms with E-state index in [-0.39, 0.29) is 11.8 Å². The lowest BCUT2D eigenvalue weighted by Crippen LogP contribution is -2.49. The van der Waals surface area contributed by atoms with Gasteiger partial charge in [-0.05, 0) is 25.1 Å². The summed E-state index contributed by atoms with van der Waals surface area (Å²) in [5, 5.41) is 3.69. The number of carbonyl (C=O) groups is 2. The second kappa shape index (κ2) is 6.44. The number of thioether (sulfide) groups is 1. The number of fused-ring (bicyclic) bond motifs is 1. The van der Waals surface area contributed by atoms with Gasteiger partial charge < -0.3 is 15.2 Å². The van der Waals surface area contributed by atoms with Crippen LogP contribution >= 0.6 is 11.8 Å². The molecule has 2 aromatic rings. The lowest BCUT2D eigenvalue weighted by molar-refractivity contribution is -0.132. The van der Waals surface area contributed by atoms with Gasteiger partial charge in [0, 0.05) is 47.3 Å². The highest BCUT2D eigenvalue weighted by atomic mass is 32.2. The standard InChI is InChI=1S/C16H19N3O2S/c1-11(16(21)19-7-9-22-10-8-19)18-15(20)13-3-2-4-14-12(13)5-6-17-14/h2-6,11,17H,7-10H2,1H3,(H,18,20)/t11-/m1/s1. The van der Waals surface area contributed by atoms with Gasteiger partial charge in [0.25, 0.3) is 5.91 Å². The van der Waals surface area contributed by atoms with Crippen molar-refractivity contribution >= 4 is 34.5 Å². The molecule has 1 fully saturated rings. The maximum absolute atomic E-state index is 12.5. The second-order valence-corrected chi connectivity index (χ2v) is 6.60. The van der Waals surface area contributed by atoms with Crippen molar-refractivity contribution in [1.82, 2.24) is 15.2 Å². The molecule has 1 atom stereocenters. The van der Waals surface area contributed by atoms with Crippen LogP contribution in [-0.2, 0) is 4.79 Å². The van der Waals surface area contributed by atoms with Crippen molar-refractivity contribution in [1.29, 1.82) is 0 Å². The lowest BCUT2D eigenvalue weighted by atomic mass is 10.1. The third-order valence-electron chi connectivity index (χ3n) is 3.88. The number of hydrogen-bond donors (Lipinski definition) is 2. The van der Waals surface area contributed by atoms with E-state index >= 15 is 0 Å². The van der Waals surface area contributed by atoms with Crippen LogP contribution in [0, 0.1) is 0 Å². The van der Waals surface area contributed by atoms with Crippen molar-refractivity contribution in [3.8, 4) is 0 Å². The van der Waals surface area contributed by atoms with Crippen LogP contribution in [0.25, 0.3) is 10.9 Å². The molecule has 0 saturated carbocycles. The zero-order valence-corrected chi connectivity index (χ0v) is 13.3. The Morgan fingerprint density at radius 2 is 2.05 bits per heavy atom. The summed E-state index contributed by atoms with van der Waals surface area (Å²) in [4.78, 5) is 29.7. The van der Waals surface area contributed by atoms with Gasteiger partial charge in [0.1, 0.15) is 6.04 Å². The normalized spacial score (nSPS) is 16.5. The first-order chi connectivity index (χ1) is 10.7. The fraction of sp³-hybridized carbons (Fsp3) is 0.375. The molecule has 2 heterocycles. The Morgan fingerprint density at radius 3 is 2.82 bits per heavy atom. The number of aromatic nitrogens is 1. The average Bonchev–Trinajstić information content (AvgIpc) is 3.03. The van der Waals surface area contributed by atoms with Gasteiger partial charge in [-0.15, -0.1) is 0 Å². The van der Waals surface area contributed by atoms with E-state index in [1.54, 1.807) is 19.2 Å². The maximum Gasteiger partial charge on any atom is 0.252 e. The van der Waals surface area contributed by atoms with Gasteiger partial charge in [-0.3, -0.25) is 9.59 Å². The maximum atomic E-state index is 12.5. The molecule has 1 saturated heterocycles. The van der Waals surface area contributed by atoms with Crippen molar-refractivity contribution in [3.05, 3.63) is 36.0 Å². The summed E-state index contributed by atoms with van der Waals surface area (Å²) in [5.41, 5.74) is 1.51. The van der Waals surface area contributed by atoms with Gasteiger partial charge in [-0.25, -0.2) is 0 Å². The van der Waals surface area contributed by atoms with E-state index in [9.17, 15) is 9.59 Å². The molecule has 1 aliphatic heterocycles. The molecule has 0 aliphatic carbocycles. The Labute approximate surface area is 133 Å². The van der Waals surface area contributed by atoms with E-state index in [1.165, 1.54) is 0 Å². The Morgan fingerprint density at radius 1 is 1.27 bits per heavy atom. The summed E-state index contributed by atoms with van der Waals surface area (Å²) < 4.78 is 0. The van der Waals surface area contributed by atoms with Crippen molar-refractivity contribution in [2.45, 2.75) is 13.0 Å². The number of carbonyl (C=O) groups excluding carboxylic acids is 2. The molecule has 22 heavy (non-hydrogen) atoms. The molecule has 2 N–H and O–H groups in total. The van der Waals surface area contributed by atoms with Gasteiger partial charge in [0.05, 0.1) is 0 Å². The number of nitrogens with one attached hydrogen (secondary N) is 2. The van der Waals surface area contributed by atoms with Gasteiger partial charge in [-0.1, -0.05) is 6.07 Å². The number of aromatic amines is 1.